The fourth-order valence-electron chi connectivity index (χ4n) is 13.2. The molecule has 1 saturated carbocycles. The highest BCUT2D eigenvalue weighted by atomic mass is 32.1. The summed E-state index contributed by atoms with van der Waals surface area (Å²) < 4.78 is 77.6. The number of fused-ring (bicyclic) bond motifs is 11. The third-order valence-electron chi connectivity index (χ3n) is 17.2. The van der Waals surface area contributed by atoms with E-state index >= 15 is 0 Å². The van der Waals surface area contributed by atoms with E-state index in [0.29, 0.717) is 5.56 Å². The molecule has 0 amide bonds. The van der Waals surface area contributed by atoms with Crippen molar-refractivity contribution in [2.45, 2.75) is 168 Å². The minimum atomic E-state index is -3.35. The van der Waals surface area contributed by atoms with Crippen LogP contribution >= 0.6 is 11.3 Å². The molecule has 74 heavy (non-hydrogen) atoms. The van der Waals surface area contributed by atoms with Gasteiger partial charge in [0.25, 0.3) is 6.71 Å². The number of benzene rings is 7. The number of hydrogen-bond donors (Lipinski definition) is 0. The van der Waals surface area contributed by atoms with Gasteiger partial charge >= 0.3 is 0 Å². The predicted octanol–water partition coefficient (Wildman–Crippen LogP) is 18.4. The van der Waals surface area contributed by atoms with E-state index in [4.69, 9.17) is 12.3 Å². The van der Waals surface area contributed by atoms with E-state index in [1.165, 1.54) is 119 Å². The molecule has 8 aromatic rings. The molecule has 1 spiro atoms. The van der Waals surface area contributed by atoms with E-state index in [0.717, 1.165) is 35.5 Å². The van der Waals surface area contributed by atoms with E-state index in [2.05, 4.69) is 190 Å². The summed E-state index contributed by atoms with van der Waals surface area (Å²) in [4.78, 5) is 5.17. The van der Waals surface area contributed by atoms with Crippen molar-refractivity contribution in [2.24, 2.45) is 0 Å². The molecule has 4 aliphatic rings. The maximum atomic E-state index is 8.33. The maximum absolute atomic E-state index is 8.33. The predicted molar refractivity (Wildman–Crippen MR) is 324 cm³/mol. The summed E-state index contributed by atoms with van der Waals surface area (Å²) in [5.74, 6) is 0. The lowest BCUT2D eigenvalue weighted by atomic mass is 9.36. The molecule has 4 heteroatoms. The molecule has 0 N–H and O–H groups in total. The van der Waals surface area contributed by atoms with Crippen molar-refractivity contribution >= 4 is 78.0 Å². The molecule has 376 valence electrons. The fourth-order valence-corrected chi connectivity index (χ4v) is 14.5. The van der Waals surface area contributed by atoms with Gasteiger partial charge in [0, 0.05) is 60.9 Å². The van der Waals surface area contributed by atoms with Crippen molar-refractivity contribution < 1.29 is 12.3 Å². The van der Waals surface area contributed by atoms with E-state index in [1.807, 2.05) is 23.5 Å². The zero-order valence-electron chi connectivity index (χ0n) is 54.6. The van der Waals surface area contributed by atoms with E-state index < -0.39 is 26.0 Å². The van der Waals surface area contributed by atoms with Crippen molar-refractivity contribution in [1.82, 2.24) is 0 Å². The van der Waals surface area contributed by atoms with Crippen LogP contribution in [0.1, 0.15) is 187 Å². The van der Waals surface area contributed by atoms with Gasteiger partial charge < -0.3 is 9.80 Å². The largest absolute Gasteiger partial charge is 0.311 e. The van der Waals surface area contributed by atoms with Crippen molar-refractivity contribution in [3.8, 4) is 22.3 Å². The standard InChI is InChI=1S/C70H77BN2S/c1-65(2,3)45-29-25-43(26-30-45)44-27-33-49(34-28-44)72-55-35-31-47(67(7,8)9)40-54(55)71-62-57(72)41-48(68(10,11)12)42-58(62)73(63-51-39-46(66(4,5)6)32-36-59(51)74-64(63)71)56-24-20-22-52-60(56)50-21-19-23-53(69(13,14)15)61(50)70(52)37-17-16-18-38-70/h19-36,39-42H,16-18,37-38H2,1-15H3/i1D3,2D3,3D3. The second-order valence-corrected chi connectivity index (χ2v) is 27.4. The Morgan fingerprint density at radius 3 is 1.74 bits per heavy atom. The monoisotopic (exact) mass is 998 g/mol. The normalized spacial score (nSPS) is 18.4. The first kappa shape index (κ1) is 39.6. The average Bonchev–Trinajstić information content (AvgIpc) is 1.69. The molecule has 1 fully saturated rings. The zero-order valence-corrected chi connectivity index (χ0v) is 46.4. The first-order valence-corrected chi connectivity index (χ1v) is 27.9. The summed E-state index contributed by atoms with van der Waals surface area (Å²) in [6, 6.07) is 48.0. The van der Waals surface area contributed by atoms with Gasteiger partial charge in [-0.25, -0.2) is 0 Å². The summed E-state index contributed by atoms with van der Waals surface area (Å²) in [7, 11) is 0. The Hall–Kier alpha value is -5.84. The highest BCUT2D eigenvalue weighted by molar-refractivity contribution is 7.33. The molecule has 0 unspecified atom stereocenters. The molecule has 0 saturated heterocycles. The number of thiophene rings is 1. The van der Waals surface area contributed by atoms with Crippen LogP contribution in [0.3, 0.4) is 0 Å². The van der Waals surface area contributed by atoms with Crippen LogP contribution < -0.4 is 25.5 Å². The van der Waals surface area contributed by atoms with Gasteiger partial charge in [-0.1, -0.05) is 208 Å². The Balaban J connectivity index is 1.13. The lowest BCUT2D eigenvalue weighted by molar-refractivity contribution is 0.347. The van der Waals surface area contributed by atoms with Gasteiger partial charge in [-0.3, -0.25) is 0 Å². The first-order valence-electron chi connectivity index (χ1n) is 31.6. The van der Waals surface area contributed by atoms with Crippen molar-refractivity contribution in [3.05, 3.63) is 172 Å². The van der Waals surface area contributed by atoms with Gasteiger partial charge in [0.15, 0.2) is 0 Å². The van der Waals surface area contributed by atoms with Crippen LogP contribution in [-0.4, -0.2) is 6.71 Å². The van der Waals surface area contributed by atoms with Crippen LogP contribution in [-0.2, 0) is 32.5 Å². The minimum absolute atomic E-state index is 0.0563. The number of nitrogens with zero attached hydrogens (tertiary/aromatic N) is 2. The molecule has 12 rings (SSSR count). The summed E-state index contributed by atoms with van der Waals surface area (Å²) in [5, 5.41) is 1.28. The number of rotatable bonds is 3. The first-order chi connectivity index (χ1) is 38.6. The highest BCUT2D eigenvalue weighted by Gasteiger charge is 2.51. The number of anilines is 6. The summed E-state index contributed by atoms with van der Waals surface area (Å²) >= 11 is 1.94. The molecular formula is C70H77BN2S. The average molecular weight is 998 g/mol. The smallest absolute Gasteiger partial charge is 0.264 e. The molecular weight excluding hydrogens is 912 g/mol. The Labute approximate surface area is 461 Å². The lowest BCUT2D eigenvalue weighted by Gasteiger charge is -2.45. The molecule has 2 aliphatic heterocycles. The Bertz CT molecular complexity index is 3870. The van der Waals surface area contributed by atoms with Gasteiger partial charge in [-0.05, 0) is 155 Å². The van der Waals surface area contributed by atoms with Crippen LogP contribution in [0.15, 0.2) is 133 Å². The third kappa shape index (κ3) is 7.61. The fraction of sp³-hybridized carbons (Fsp3) is 0.371. The van der Waals surface area contributed by atoms with Gasteiger partial charge in [0.1, 0.15) is 0 Å². The Kier molecular flexibility index (Phi) is 8.86. The molecule has 2 nitrogen and oxygen atoms in total. The zero-order chi connectivity index (χ0) is 59.7. The van der Waals surface area contributed by atoms with Gasteiger partial charge in [-0.2, -0.15) is 0 Å². The molecule has 1 aromatic heterocycles. The molecule has 0 radical (unpaired) electrons. The SMILES string of the molecule is [2H]C([2H])([2H])C(c1ccc(-c2ccc(N3c4ccc(C(C)(C)C)cc4B4c5sc6ccc(C(C)(C)C)cc6c5N(c5cccc6c5-c5cccc(C(C)(C)C)c5C65CCCCC5)c5cc(C(C)(C)C)cc3c54)cc2)cc1)(C([2H])([2H])[2H])C([2H])([2H])[2H]. The second-order valence-electron chi connectivity index (χ2n) is 26.3. The molecule has 7 aromatic carbocycles. The Morgan fingerprint density at radius 1 is 0.514 bits per heavy atom. The highest BCUT2D eigenvalue weighted by Crippen LogP contribution is 2.62. The maximum Gasteiger partial charge on any atom is 0.264 e. The third-order valence-corrected chi connectivity index (χ3v) is 18.4. The summed E-state index contributed by atoms with van der Waals surface area (Å²) in [5.41, 5.74) is 17.9. The van der Waals surface area contributed by atoms with Crippen molar-refractivity contribution in [1.29, 1.82) is 0 Å². The lowest BCUT2D eigenvalue weighted by Crippen LogP contribution is -2.60. The second kappa shape index (κ2) is 16.6. The Morgan fingerprint density at radius 2 is 1.11 bits per heavy atom. The molecule has 3 heterocycles. The van der Waals surface area contributed by atoms with Crippen LogP contribution in [0.25, 0.3) is 32.3 Å². The summed E-state index contributed by atoms with van der Waals surface area (Å²) in [6.45, 7) is 17.8. The van der Waals surface area contributed by atoms with Crippen molar-refractivity contribution in [3.63, 3.8) is 0 Å². The van der Waals surface area contributed by atoms with E-state index in [9.17, 15) is 0 Å². The van der Waals surface area contributed by atoms with Crippen LogP contribution in [0.5, 0.6) is 0 Å². The summed E-state index contributed by atoms with van der Waals surface area (Å²) in [6.07, 6.45) is 5.93. The topological polar surface area (TPSA) is 6.48 Å². The van der Waals surface area contributed by atoms with Gasteiger partial charge in [0.2, 0.25) is 0 Å². The van der Waals surface area contributed by atoms with E-state index in [-0.39, 0.29) is 39.4 Å². The van der Waals surface area contributed by atoms with Crippen molar-refractivity contribution in [2.75, 3.05) is 9.80 Å². The van der Waals surface area contributed by atoms with Gasteiger partial charge in [0.05, 0.1) is 11.4 Å². The van der Waals surface area contributed by atoms with Gasteiger partial charge in [-0.15, -0.1) is 11.3 Å². The quantitative estimate of drug-likeness (QED) is 0.163. The number of hydrogen-bond acceptors (Lipinski definition) is 3. The molecule has 0 atom stereocenters. The van der Waals surface area contributed by atoms with Crippen LogP contribution in [0.4, 0.5) is 34.1 Å². The van der Waals surface area contributed by atoms with E-state index in [1.54, 1.807) is 12.1 Å². The minimum Gasteiger partial charge on any atom is -0.311 e. The van der Waals surface area contributed by atoms with Crippen LogP contribution in [0.2, 0.25) is 0 Å². The molecule has 2 aliphatic carbocycles. The molecule has 0 bridgehead atoms. The van der Waals surface area contributed by atoms with Crippen LogP contribution in [0, 0.1) is 0 Å².